The Kier molecular flexibility index (Phi) is 4.21. The topological polar surface area (TPSA) is 72.3 Å². The number of carbonyl (C=O) groups is 1. The van der Waals surface area contributed by atoms with E-state index in [9.17, 15) is 13.2 Å². The maximum atomic E-state index is 12.9. The van der Waals surface area contributed by atoms with Crippen LogP contribution in [0.15, 0.2) is 30.5 Å². The second kappa shape index (κ2) is 6.05. The number of hydrogen-bond donors (Lipinski definition) is 0. The fraction of sp³-hybridized carbons (Fsp3) is 0.412. The molecule has 0 aliphatic carbocycles. The Labute approximate surface area is 142 Å². The molecular weight excluding hydrogens is 326 g/mol. The van der Waals surface area contributed by atoms with Crippen LogP contribution in [0.4, 0.5) is 0 Å². The van der Waals surface area contributed by atoms with Gasteiger partial charge in [-0.15, -0.1) is 0 Å². The molecule has 6 nitrogen and oxygen atoms in total. The molecule has 2 aromatic rings. The molecule has 0 unspecified atom stereocenters. The highest BCUT2D eigenvalue weighted by Gasteiger charge is 2.34. The number of aromatic nitrogens is 2. The lowest BCUT2D eigenvalue weighted by atomic mass is 10.1. The van der Waals surface area contributed by atoms with Gasteiger partial charge in [-0.1, -0.05) is 6.07 Å². The number of pyridine rings is 1. The number of hydrogen-bond acceptors (Lipinski definition) is 4. The molecule has 1 saturated heterocycles. The van der Waals surface area contributed by atoms with Gasteiger partial charge in [0.2, 0.25) is 0 Å². The summed E-state index contributed by atoms with van der Waals surface area (Å²) in [7, 11) is -1.34. The molecule has 0 radical (unpaired) electrons. The maximum Gasteiger partial charge on any atom is 0.255 e. The minimum atomic E-state index is -3.02. The first kappa shape index (κ1) is 16.7. The molecule has 1 amide bonds. The van der Waals surface area contributed by atoms with E-state index in [4.69, 9.17) is 0 Å². The third kappa shape index (κ3) is 2.96. The number of aryl methyl sites for hydroxylation is 1. The summed E-state index contributed by atoms with van der Waals surface area (Å²) in [4.78, 5) is 18.8. The molecule has 2 aromatic heterocycles. The Balaban J connectivity index is 1.92. The lowest BCUT2D eigenvalue weighted by molar-refractivity contribution is 0.0747. The molecule has 0 spiro atoms. The van der Waals surface area contributed by atoms with Gasteiger partial charge in [-0.25, -0.2) is 13.4 Å². The molecule has 3 heterocycles. The van der Waals surface area contributed by atoms with Gasteiger partial charge in [0.05, 0.1) is 17.1 Å². The van der Waals surface area contributed by atoms with E-state index >= 15 is 0 Å². The minimum absolute atomic E-state index is 0.0498. The van der Waals surface area contributed by atoms with Crippen LogP contribution in [0.3, 0.4) is 0 Å². The van der Waals surface area contributed by atoms with Crippen molar-refractivity contribution in [1.82, 2.24) is 14.5 Å². The van der Waals surface area contributed by atoms with Crippen molar-refractivity contribution in [3.05, 3.63) is 47.4 Å². The van der Waals surface area contributed by atoms with Crippen LogP contribution in [0.2, 0.25) is 0 Å². The van der Waals surface area contributed by atoms with Crippen LogP contribution >= 0.6 is 0 Å². The van der Waals surface area contributed by atoms with Gasteiger partial charge >= 0.3 is 0 Å². The summed E-state index contributed by atoms with van der Waals surface area (Å²) in [5.74, 6) is 0.821. The summed E-state index contributed by atoms with van der Waals surface area (Å²) in [5, 5.41) is 0. The molecule has 1 aliphatic heterocycles. The van der Waals surface area contributed by atoms with Crippen molar-refractivity contribution < 1.29 is 13.2 Å². The predicted molar refractivity (Wildman–Crippen MR) is 92.2 cm³/mol. The molecule has 1 atom stereocenters. The summed E-state index contributed by atoms with van der Waals surface area (Å²) in [6.45, 7) is 3.81. The van der Waals surface area contributed by atoms with Crippen LogP contribution < -0.4 is 0 Å². The average molecular weight is 347 g/mol. The first-order chi connectivity index (χ1) is 11.3. The van der Waals surface area contributed by atoms with Gasteiger partial charge in [0, 0.05) is 30.7 Å². The van der Waals surface area contributed by atoms with E-state index in [0.29, 0.717) is 12.0 Å². The Morgan fingerprint density at radius 1 is 1.33 bits per heavy atom. The van der Waals surface area contributed by atoms with E-state index in [2.05, 4.69) is 4.98 Å². The van der Waals surface area contributed by atoms with E-state index in [0.717, 1.165) is 17.2 Å². The predicted octanol–water partition coefficient (Wildman–Crippen LogP) is 1.75. The molecule has 0 aromatic carbocycles. The minimum Gasteiger partial charge on any atom is -0.338 e. The standard InChI is InChI=1S/C17H21N3O3S/c1-12-10-15(13(2)20(12)16-6-4-5-8-18-16)17(21)19(3)14-7-9-24(22,23)11-14/h4-6,8,10,14H,7,9,11H2,1-3H3/t14-/m1/s1. The number of sulfone groups is 1. The Hall–Kier alpha value is -2.15. The van der Waals surface area contributed by atoms with Gasteiger partial charge in [0.15, 0.2) is 9.84 Å². The molecule has 3 rings (SSSR count). The van der Waals surface area contributed by atoms with Gasteiger partial charge in [0.1, 0.15) is 5.82 Å². The molecule has 0 bridgehead atoms. The lowest BCUT2D eigenvalue weighted by Gasteiger charge is -2.23. The molecule has 0 saturated carbocycles. The molecule has 0 N–H and O–H groups in total. The first-order valence-corrected chi connectivity index (χ1v) is 9.70. The van der Waals surface area contributed by atoms with Crippen molar-refractivity contribution in [3.8, 4) is 5.82 Å². The van der Waals surface area contributed by atoms with Crippen LogP contribution in [-0.4, -0.2) is 53.4 Å². The van der Waals surface area contributed by atoms with Crippen molar-refractivity contribution in [1.29, 1.82) is 0 Å². The number of amides is 1. The molecule has 1 aliphatic rings. The maximum absolute atomic E-state index is 12.9. The van der Waals surface area contributed by atoms with Crippen LogP contribution in [0.1, 0.15) is 28.2 Å². The Morgan fingerprint density at radius 3 is 2.67 bits per heavy atom. The highest BCUT2D eigenvalue weighted by Crippen LogP contribution is 2.23. The first-order valence-electron chi connectivity index (χ1n) is 7.88. The monoisotopic (exact) mass is 347 g/mol. The van der Waals surface area contributed by atoms with Gasteiger partial charge in [-0.3, -0.25) is 4.79 Å². The quantitative estimate of drug-likeness (QED) is 0.848. The largest absolute Gasteiger partial charge is 0.338 e. The lowest BCUT2D eigenvalue weighted by Crippen LogP contribution is -2.38. The van der Waals surface area contributed by atoms with E-state index in [1.807, 2.05) is 42.7 Å². The number of rotatable bonds is 3. The average Bonchev–Trinajstić information content (AvgIpc) is 3.06. The zero-order valence-corrected chi connectivity index (χ0v) is 14.9. The fourth-order valence-corrected chi connectivity index (χ4v) is 5.03. The van der Waals surface area contributed by atoms with E-state index in [-0.39, 0.29) is 23.5 Å². The number of carbonyl (C=O) groups excluding carboxylic acids is 1. The molecular formula is C17H21N3O3S. The Morgan fingerprint density at radius 2 is 2.08 bits per heavy atom. The molecule has 7 heteroatoms. The van der Waals surface area contributed by atoms with Gasteiger partial charge in [-0.2, -0.15) is 0 Å². The van der Waals surface area contributed by atoms with Crippen LogP contribution in [0, 0.1) is 13.8 Å². The fourth-order valence-electron chi connectivity index (χ4n) is 3.25. The zero-order chi connectivity index (χ0) is 17.5. The third-order valence-corrected chi connectivity index (χ3v) is 6.37. The zero-order valence-electron chi connectivity index (χ0n) is 14.1. The van der Waals surface area contributed by atoms with E-state index in [1.165, 1.54) is 0 Å². The van der Waals surface area contributed by atoms with Crippen molar-refractivity contribution in [2.75, 3.05) is 18.6 Å². The SMILES string of the molecule is Cc1cc(C(=O)N(C)[C@@H]2CCS(=O)(=O)C2)c(C)n1-c1ccccn1. The Bertz CT molecular complexity index is 872. The van der Waals surface area contributed by atoms with Crippen LogP contribution in [0.25, 0.3) is 5.82 Å². The van der Waals surface area contributed by atoms with Gasteiger partial charge in [0.25, 0.3) is 5.91 Å². The van der Waals surface area contributed by atoms with E-state index in [1.54, 1.807) is 18.1 Å². The summed E-state index contributed by atoms with van der Waals surface area (Å²) in [6.07, 6.45) is 2.22. The normalized spacial score (nSPS) is 19.4. The summed E-state index contributed by atoms with van der Waals surface area (Å²) in [5.41, 5.74) is 2.32. The third-order valence-electron chi connectivity index (χ3n) is 4.62. The van der Waals surface area contributed by atoms with Crippen molar-refractivity contribution in [2.45, 2.75) is 26.3 Å². The van der Waals surface area contributed by atoms with Crippen LogP contribution in [0.5, 0.6) is 0 Å². The molecule has 1 fully saturated rings. The van der Waals surface area contributed by atoms with Gasteiger partial charge < -0.3 is 9.47 Å². The van der Waals surface area contributed by atoms with Crippen molar-refractivity contribution in [2.24, 2.45) is 0 Å². The van der Waals surface area contributed by atoms with Crippen LogP contribution in [-0.2, 0) is 9.84 Å². The summed E-state index contributed by atoms with van der Waals surface area (Å²) < 4.78 is 25.3. The molecule has 24 heavy (non-hydrogen) atoms. The second-order valence-corrected chi connectivity index (χ2v) is 8.51. The van der Waals surface area contributed by atoms with Crippen molar-refractivity contribution >= 4 is 15.7 Å². The second-order valence-electron chi connectivity index (χ2n) is 6.28. The molecule has 128 valence electrons. The highest BCUT2D eigenvalue weighted by molar-refractivity contribution is 7.91. The summed E-state index contributed by atoms with van der Waals surface area (Å²) in [6, 6.07) is 7.23. The van der Waals surface area contributed by atoms with Gasteiger partial charge in [-0.05, 0) is 38.5 Å². The van der Waals surface area contributed by atoms with Crippen molar-refractivity contribution in [3.63, 3.8) is 0 Å². The smallest absolute Gasteiger partial charge is 0.255 e. The highest BCUT2D eigenvalue weighted by atomic mass is 32.2. The summed E-state index contributed by atoms with van der Waals surface area (Å²) >= 11 is 0. The van der Waals surface area contributed by atoms with E-state index < -0.39 is 9.84 Å². The number of nitrogens with zero attached hydrogens (tertiary/aromatic N) is 3.